The largest absolute Gasteiger partial charge is 0.416 e. The van der Waals surface area contributed by atoms with Crippen molar-refractivity contribution >= 4 is 34.2 Å². The van der Waals surface area contributed by atoms with E-state index < -0.39 is 11.7 Å². The highest BCUT2D eigenvalue weighted by Gasteiger charge is 2.34. The van der Waals surface area contributed by atoms with Crippen LogP contribution < -0.4 is 11.1 Å². The molecule has 2 aromatic rings. The molecule has 166 valence electrons. The number of rotatable bonds is 4. The zero-order valence-electron chi connectivity index (χ0n) is 17.0. The Morgan fingerprint density at radius 2 is 1.77 bits per heavy atom. The van der Waals surface area contributed by atoms with E-state index in [1.165, 1.54) is 7.05 Å². The van der Waals surface area contributed by atoms with Crippen LogP contribution in [0.4, 0.5) is 24.7 Å². The van der Waals surface area contributed by atoms with Gasteiger partial charge in [-0.25, -0.2) is 4.98 Å². The molecule has 0 spiro atoms. The van der Waals surface area contributed by atoms with Crippen LogP contribution in [0.25, 0.3) is 0 Å². The van der Waals surface area contributed by atoms with Gasteiger partial charge in [-0.05, 0) is 43.9 Å². The Labute approximate surface area is 183 Å². The van der Waals surface area contributed by atoms with E-state index in [1.54, 1.807) is 30.5 Å². The molecule has 1 aromatic carbocycles. The van der Waals surface area contributed by atoms with Crippen LogP contribution in [0.5, 0.6) is 0 Å². The number of nitrogens with two attached hydrogens (primary N) is 1. The van der Waals surface area contributed by atoms with Crippen molar-refractivity contribution in [3.8, 4) is 0 Å². The predicted molar refractivity (Wildman–Crippen MR) is 117 cm³/mol. The molecule has 0 radical (unpaired) electrons. The van der Waals surface area contributed by atoms with Gasteiger partial charge in [0.1, 0.15) is 12.6 Å². The number of carbonyl (C=O) groups excluding carboxylic acids is 1. The van der Waals surface area contributed by atoms with Gasteiger partial charge in [0.05, 0.1) is 5.56 Å². The fourth-order valence-electron chi connectivity index (χ4n) is 2.92. The Kier molecular flexibility index (Phi) is 11.0. The third-order valence-electron chi connectivity index (χ3n) is 4.40. The summed E-state index contributed by atoms with van der Waals surface area (Å²) < 4.78 is 41.5. The van der Waals surface area contributed by atoms with E-state index in [4.69, 9.17) is 4.79 Å². The zero-order chi connectivity index (χ0) is 22.7. The second-order valence-electron chi connectivity index (χ2n) is 6.43. The van der Waals surface area contributed by atoms with Gasteiger partial charge >= 0.3 is 6.18 Å². The molecule has 0 aliphatic carbocycles. The number of piperazine rings is 1. The molecule has 0 atom stereocenters. The van der Waals surface area contributed by atoms with Crippen LogP contribution in [0.3, 0.4) is 0 Å². The lowest BCUT2D eigenvalue weighted by Gasteiger charge is -2.33. The summed E-state index contributed by atoms with van der Waals surface area (Å²) in [6, 6.07) is 7.86. The van der Waals surface area contributed by atoms with Crippen molar-refractivity contribution in [2.45, 2.75) is 12.7 Å². The van der Waals surface area contributed by atoms with Crippen LogP contribution >= 0.6 is 15.9 Å². The second-order valence-corrected chi connectivity index (χ2v) is 7.35. The van der Waals surface area contributed by atoms with E-state index in [9.17, 15) is 13.2 Å². The first kappa shape index (κ1) is 26.0. The number of nitrogens with zero attached hydrogens (tertiary/aromatic N) is 3. The fourth-order valence-corrected chi connectivity index (χ4v) is 3.26. The van der Waals surface area contributed by atoms with Gasteiger partial charge in [-0.1, -0.05) is 22.0 Å². The second kappa shape index (κ2) is 12.6. The van der Waals surface area contributed by atoms with E-state index in [0.29, 0.717) is 23.6 Å². The lowest BCUT2D eigenvalue weighted by atomic mass is 10.0. The average molecular weight is 490 g/mol. The molecule has 2 heterocycles. The average Bonchev–Trinajstić information content (AvgIpc) is 2.73. The number of pyridine rings is 1. The number of aromatic nitrogens is 1. The van der Waals surface area contributed by atoms with Gasteiger partial charge in [0.2, 0.25) is 0 Å². The Bertz CT molecular complexity index is 783. The quantitative estimate of drug-likeness (QED) is 0.681. The Morgan fingerprint density at radius 1 is 1.13 bits per heavy atom. The maximum Gasteiger partial charge on any atom is 0.416 e. The van der Waals surface area contributed by atoms with Gasteiger partial charge in [0.15, 0.2) is 0 Å². The number of anilines is 2. The van der Waals surface area contributed by atoms with Crippen molar-refractivity contribution in [3.05, 3.63) is 52.1 Å². The van der Waals surface area contributed by atoms with Gasteiger partial charge in [0.25, 0.3) is 0 Å². The maximum absolute atomic E-state index is 13.6. The molecular formula is C20H27BrF3N5O. The summed E-state index contributed by atoms with van der Waals surface area (Å²) >= 11 is 3.32. The van der Waals surface area contributed by atoms with Crippen LogP contribution in [0.2, 0.25) is 0 Å². The van der Waals surface area contributed by atoms with Crippen LogP contribution in [0.15, 0.2) is 41.0 Å². The molecule has 30 heavy (non-hydrogen) atoms. The Morgan fingerprint density at radius 3 is 2.33 bits per heavy atom. The highest BCUT2D eigenvalue weighted by Crippen LogP contribution is 2.35. The van der Waals surface area contributed by atoms with Gasteiger partial charge in [-0.2, -0.15) is 13.2 Å². The summed E-state index contributed by atoms with van der Waals surface area (Å²) in [5.41, 5.74) is 4.57. The molecule has 3 N–H and O–H groups in total. The van der Waals surface area contributed by atoms with E-state index in [2.05, 4.69) is 41.8 Å². The minimum absolute atomic E-state index is 0.301. The zero-order valence-corrected chi connectivity index (χ0v) is 18.6. The van der Waals surface area contributed by atoms with Crippen molar-refractivity contribution in [1.82, 2.24) is 14.8 Å². The minimum Gasteiger partial charge on any atom is -0.340 e. The minimum atomic E-state index is -4.40. The third kappa shape index (κ3) is 8.02. The van der Waals surface area contributed by atoms with Crippen molar-refractivity contribution in [3.63, 3.8) is 0 Å². The van der Waals surface area contributed by atoms with Gasteiger partial charge in [0, 0.05) is 49.1 Å². The first-order valence-electron chi connectivity index (χ1n) is 9.17. The molecule has 1 aromatic heterocycles. The predicted octanol–water partition coefficient (Wildman–Crippen LogP) is 3.74. The first-order chi connectivity index (χ1) is 14.3. The number of halogens is 4. The molecule has 10 heteroatoms. The summed E-state index contributed by atoms with van der Waals surface area (Å²) in [5, 5.41) is 2.93. The van der Waals surface area contributed by atoms with E-state index in [0.717, 1.165) is 36.7 Å². The van der Waals surface area contributed by atoms with Gasteiger partial charge in [-0.15, -0.1) is 0 Å². The SMILES string of the molecule is C=O.CN.CN1CCN(Cc2ccc(Nc3cc(Br)ccn3)cc2C(F)(F)F)CC1. The molecular weight excluding hydrogens is 463 g/mol. The molecule has 0 saturated carbocycles. The number of likely N-dealkylation sites (N-methyl/N-ethyl adjacent to an activating group) is 1. The normalized spacial score (nSPS) is 14.8. The molecule has 3 rings (SSSR count). The summed E-state index contributed by atoms with van der Waals surface area (Å²) in [6.45, 7) is 5.59. The number of hydrogen-bond donors (Lipinski definition) is 2. The third-order valence-corrected chi connectivity index (χ3v) is 4.89. The van der Waals surface area contributed by atoms with Crippen LogP contribution in [0.1, 0.15) is 11.1 Å². The van der Waals surface area contributed by atoms with E-state index >= 15 is 0 Å². The molecule has 1 saturated heterocycles. The number of hydrogen-bond acceptors (Lipinski definition) is 6. The van der Waals surface area contributed by atoms with E-state index in [-0.39, 0.29) is 0 Å². The molecule has 0 bridgehead atoms. The van der Waals surface area contributed by atoms with Crippen molar-refractivity contribution < 1.29 is 18.0 Å². The highest BCUT2D eigenvalue weighted by atomic mass is 79.9. The van der Waals surface area contributed by atoms with Crippen LogP contribution in [0, 0.1) is 0 Å². The van der Waals surface area contributed by atoms with Gasteiger partial charge < -0.3 is 20.7 Å². The van der Waals surface area contributed by atoms with Crippen molar-refractivity contribution in [1.29, 1.82) is 0 Å². The van der Waals surface area contributed by atoms with Crippen LogP contribution in [-0.2, 0) is 17.5 Å². The summed E-state index contributed by atoms with van der Waals surface area (Å²) in [5.74, 6) is 0.485. The maximum atomic E-state index is 13.6. The molecule has 0 unspecified atom stereocenters. The van der Waals surface area contributed by atoms with Crippen molar-refractivity contribution in [2.75, 3.05) is 45.6 Å². The molecule has 6 nitrogen and oxygen atoms in total. The first-order valence-corrected chi connectivity index (χ1v) is 9.97. The van der Waals surface area contributed by atoms with Crippen molar-refractivity contribution in [2.24, 2.45) is 5.73 Å². The molecule has 1 aliphatic rings. The van der Waals surface area contributed by atoms with E-state index in [1.807, 2.05) is 13.8 Å². The summed E-state index contributed by atoms with van der Waals surface area (Å²) in [4.78, 5) is 16.4. The van der Waals surface area contributed by atoms with Crippen LogP contribution in [-0.4, -0.2) is 61.8 Å². The lowest BCUT2D eigenvalue weighted by molar-refractivity contribution is -0.138. The number of benzene rings is 1. The monoisotopic (exact) mass is 489 g/mol. The number of nitrogens with one attached hydrogen (secondary N) is 1. The Balaban J connectivity index is 0.00000106. The summed E-state index contributed by atoms with van der Waals surface area (Å²) in [7, 11) is 3.52. The molecule has 0 amide bonds. The number of alkyl halides is 3. The standard InChI is InChI=1S/C18H20BrF3N4.CH5N.CH2O/c1-25-6-8-26(9-7-25)12-13-2-3-15(11-16(13)18(20,21)22)24-17-10-14(19)4-5-23-17;2*1-2/h2-5,10-11H,6-9,12H2,1H3,(H,23,24);2H2,1H3;1H2. The summed E-state index contributed by atoms with van der Waals surface area (Å²) in [6.07, 6.45) is -2.82. The smallest absolute Gasteiger partial charge is 0.340 e. The lowest BCUT2D eigenvalue weighted by Crippen LogP contribution is -2.44. The fraction of sp³-hybridized carbons (Fsp3) is 0.400. The highest BCUT2D eigenvalue weighted by molar-refractivity contribution is 9.10. The molecule has 1 fully saturated rings. The topological polar surface area (TPSA) is 74.5 Å². The Hall–Kier alpha value is -2.01. The number of carbonyl (C=O) groups is 1. The van der Waals surface area contributed by atoms with Gasteiger partial charge in [-0.3, -0.25) is 4.90 Å². The molecule has 1 aliphatic heterocycles.